The highest BCUT2D eigenvalue weighted by Crippen LogP contribution is 2.21. The van der Waals surface area contributed by atoms with Gasteiger partial charge in [-0.2, -0.15) is 0 Å². The Labute approximate surface area is 141 Å². The summed E-state index contributed by atoms with van der Waals surface area (Å²) in [5.74, 6) is 0.301. The van der Waals surface area contributed by atoms with Crippen molar-refractivity contribution >= 4 is 17.7 Å². The number of anilines is 1. The van der Waals surface area contributed by atoms with Crippen molar-refractivity contribution in [3.8, 4) is 5.75 Å². The summed E-state index contributed by atoms with van der Waals surface area (Å²) in [5.41, 5.74) is 1.81. The third-order valence-corrected chi connectivity index (χ3v) is 4.02. The van der Waals surface area contributed by atoms with E-state index in [9.17, 15) is 9.59 Å². The minimum Gasteiger partial charge on any atom is -0.410 e. The van der Waals surface area contributed by atoms with Crippen molar-refractivity contribution in [2.24, 2.45) is 0 Å². The molecule has 1 saturated heterocycles. The van der Waals surface area contributed by atoms with Crippen LogP contribution in [0.3, 0.4) is 0 Å². The lowest BCUT2D eigenvalue weighted by Crippen LogP contribution is -2.44. The fourth-order valence-electron chi connectivity index (χ4n) is 2.85. The number of carbonyl (C=O) groups excluding carboxylic acids is 2. The van der Waals surface area contributed by atoms with Crippen molar-refractivity contribution in [3.05, 3.63) is 60.2 Å². The van der Waals surface area contributed by atoms with Crippen molar-refractivity contribution in [2.75, 3.05) is 11.9 Å². The molecule has 0 spiro atoms. The molecule has 1 aliphatic heterocycles. The monoisotopic (exact) mass is 324 g/mol. The summed E-state index contributed by atoms with van der Waals surface area (Å²) in [6, 6.07) is 16.0. The topological polar surface area (TPSA) is 58.6 Å². The zero-order valence-electron chi connectivity index (χ0n) is 13.6. The van der Waals surface area contributed by atoms with E-state index in [0.29, 0.717) is 18.7 Å². The number of nitrogens with zero attached hydrogens (tertiary/aromatic N) is 1. The molecule has 5 heteroatoms. The lowest BCUT2D eigenvalue weighted by molar-refractivity contribution is -0.119. The highest BCUT2D eigenvalue weighted by atomic mass is 16.6. The average Bonchev–Trinajstić information content (AvgIpc) is 3.06. The van der Waals surface area contributed by atoms with Crippen LogP contribution in [-0.4, -0.2) is 29.5 Å². The molecule has 0 aromatic heterocycles. The predicted molar refractivity (Wildman–Crippen MR) is 92.0 cm³/mol. The van der Waals surface area contributed by atoms with E-state index in [1.807, 2.05) is 37.3 Å². The summed E-state index contributed by atoms with van der Waals surface area (Å²) in [4.78, 5) is 26.4. The molecular weight excluding hydrogens is 304 g/mol. The molecule has 1 aliphatic rings. The van der Waals surface area contributed by atoms with Gasteiger partial charge < -0.3 is 10.1 Å². The summed E-state index contributed by atoms with van der Waals surface area (Å²) in [6.07, 6.45) is 0.945. The van der Waals surface area contributed by atoms with Gasteiger partial charge in [-0.25, -0.2) is 4.79 Å². The Morgan fingerprint density at radius 3 is 2.67 bits per heavy atom. The molecule has 124 valence electrons. The number of para-hydroxylation sites is 1. The van der Waals surface area contributed by atoms with Gasteiger partial charge in [-0.3, -0.25) is 9.69 Å². The number of nitrogens with one attached hydrogen (secondary N) is 1. The molecule has 0 radical (unpaired) electrons. The maximum atomic E-state index is 12.5. The highest BCUT2D eigenvalue weighted by molar-refractivity contribution is 5.97. The van der Waals surface area contributed by atoms with E-state index in [-0.39, 0.29) is 5.91 Å². The second-order valence-electron chi connectivity index (χ2n) is 5.89. The number of benzene rings is 2. The number of likely N-dealkylation sites (tertiary alicyclic amines) is 1. The maximum absolute atomic E-state index is 12.5. The Morgan fingerprint density at radius 1 is 1.12 bits per heavy atom. The van der Waals surface area contributed by atoms with Crippen LogP contribution in [0.4, 0.5) is 10.5 Å². The van der Waals surface area contributed by atoms with Crippen molar-refractivity contribution < 1.29 is 14.3 Å². The molecule has 1 atom stereocenters. The first-order valence-electron chi connectivity index (χ1n) is 8.04. The summed E-state index contributed by atoms with van der Waals surface area (Å²) in [6.45, 7) is 2.49. The number of hydrogen-bond donors (Lipinski definition) is 1. The first-order valence-corrected chi connectivity index (χ1v) is 8.04. The third kappa shape index (κ3) is 3.74. The van der Waals surface area contributed by atoms with E-state index in [4.69, 9.17) is 4.74 Å². The first kappa shape index (κ1) is 16.1. The van der Waals surface area contributed by atoms with Crippen LogP contribution < -0.4 is 10.1 Å². The molecule has 1 heterocycles. The van der Waals surface area contributed by atoms with E-state index in [1.54, 1.807) is 24.3 Å². The van der Waals surface area contributed by atoms with Crippen LogP contribution in [0.2, 0.25) is 0 Å². The van der Waals surface area contributed by atoms with Crippen molar-refractivity contribution in [3.63, 3.8) is 0 Å². The molecule has 0 unspecified atom stereocenters. The second-order valence-corrected chi connectivity index (χ2v) is 5.89. The number of hydrogen-bond acceptors (Lipinski definition) is 3. The molecule has 3 rings (SSSR count). The molecule has 2 amide bonds. The lowest BCUT2D eigenvalue weighted by Gasteiger charge is -2.23. The van der Waals surface area contributed by atoms with Gasteiger partial charge >= 0.3 is 6.09 Å². The summed E-state index contributed by atoms with van der Waals surface area (Å²) in [7, 11) is 0. The molecule has 24 heavy (non-hydrogen) atoms. The molecule has 1 fully saturated rings. The number of ether oxygens (including phenoxy) is 1. The van der Waals surface area contributed by atoms with Crippen LogP contribution >= 0.6 is 0 Å². The van der Waals surface area contributed by atoms with Gasteiger partial charge in [0.2, 0.25) is 5.91 Å². The number of amides is 2. The average molecular weight is 324 g/mol. The fourth-order valence-corrected chi connectivity index (χ4v) is 2.85. The van der Waals surface area contributed by atoms with Gasteiger partial charge in [0.1, 0.15) is 11.8 Å². The standard InChI is InChI=1S/C19H20N2O3/c1-14-7-5-8-15(13-14)20-18(22)17-11-6-12-21(17)19(23)24-16-9-3-2-4-10-16/h2-5,7-10,13,17H,6,11-12H2,1H3,(H,20,22)/t17-/m1/s1. The van der Waals surface area contributed by atoms with E-state index in [0.717, 1.165) is 17.7 Å². The Kier molecular flexibility index (Phi) is 4.79. The quantitative estimate of drug-likeness (QED) is 0.938. The van der Waals surface area contributed by atoms with Crippen molar-refractivity contribution in [2.45, 2.75) is 25.8 Å². The van der Waals surface area contributed by atoms with Gasteiger partial charge in [0.15, 0.2) is 0 Å². The minimum atomic E-state index is -0.498. The van der Waals surface area contributed by atoms with Gasteiger partial charge in [-0.1, -0.05) is 30.3 Å². The maximum Gasteiger partial charge on any atom is 0.415 e. The van der Waals surface area contributed by atoms with Gasteiger partial charge in [-0.15, -0.1) is 0 Å². The molecule has 2 aromatic carbocycles. The fraction of sp³-hybridized carbons (Fsp3) is 0.263. The molecule has 2 aromatic rings. The molecule has 0 aliphatic carbocycles. The van der Waals surface area contributed by atoms with Crippen LogP contribution in [0.25, 0.3) is 0 Å². The van der Waals surface area contributed by atoms with Crippen LogP contribution in [0.5, 0.6) is 5.75 Å². The van der Waals surface area contributed by atoms with E-state index in [2.05, 4.69) is 5.32 Å². The van der Waals surface area contributed by atoms with Gasteiger partial charge in [-0.05, 0) is 49.6 Å². The smallest absolute Gasteiger partial charge is 0.410 e. The molecule has 5 nitrogen and oxygen atoms in total. The van der Waals surface area contributed by atoms with Crippen molar-refractivity contribution in [1.29, 1.82) is 0 Å². The highest BCUT2D eigenvalue weighted by Gasteiger charge is 2.35. The number of carbonyl (C=O) groups is 2. The second kappa shape index (κ2) is 7.17. The lowest BCUT2D eigenvalue weighted by atomic mass is 10.2. The van der Waals surface area contributed by atoms with Crippen LogP contribution in [0.1, 0.15) is 18.4 Å². The van der Waals surface area contributed by atoms with Crippen LogP contribution in [0, 0.1) is 6.92 Å². The normalized spacial score (nSPS) is 16.7. The van der Waals surface area contributed by atoms with Gasteiger partial charge in [0, 0.05) is 12.2 Å². The third-order valence-electron chi connectivity index (χ3n) is 4.02. The molecule has 1 N–H and O–H groups in total. The Balaban J connectivity index is 1.66. The summed E-state index contributed by atoms with van der Waals surface area (Å²) >= 11 is 0. The van der Waals surface area contributed by atoms with Gasteiger partial charge in [0.05, 0.1) is 0 Å². The largest absolute Gasteiger partial charge is 0.415 e. The Morgan fingerprint density at radius 2 is 1.92 bits per heavy atom. The summed E-state index contributed by atoms with van der Waals surface area (Å²) in [5, 5.41) is 2.89. The molecular formula is C19H20N2O3. The Hall–Kier alpha value is -2.82. The van der Waals surface area contributed by atoms with E-state index in [1.165, 1.54) is 4.90 Å². The molecule has 0 saturated carbocycles. The van der Waals surface area contributed by atoms with Crippen molar-refractivity contribution in [1.82, 2.24) is 4.90 Å². The minimum absolute atomic E-state index is 0.178. The predicted octanol–water partition coefficient (Wildman–Crippen LogP) is 3.60. The number of aryl methyl sites for hydroxylation is 1. The van der Waals surface area contributed by atoms with E-state index < -0.39 is 12.1 Å². The van der Waals surface area contributed by atoms with Gasteiger partial charge in [0.25, 0.3) is 0 Å². The van der Waals surface area contributed by atoms with E-state index >= 15 is 0 Å². The summed E-state index contributed by atoms with van der Waals surface area (Å²) < 4.78 is 5.36. The first-order chi connectivity index (χ1) is 11.6. The SMILES string of the molecule is Cc1cccc(NC(=O)[C@H]2CCCN2C(=O)Oc2ccccc2)c1. The molecule has 0 bridgehead atoms. The number of rotatable bonds is 3. The van der Waals surface area contributed by atoms with Crippen LogP contribution in [0.15, 0.2) is 54.6 Å². The zero-order chi connectivity index (χ0) is 16.9. The van der Waals surface area contributed by atoms with Crippen LogP contribution in [-0.2, 0) is 4.79 Å². The Bertz CT molecular complexity index is 730. The zero-order valence-corrected chi connectivity index (χ0v) is 13.6.